The Labute approximate surface area is 157 Å². The van der Waals surface area contributed by atoms with Gasteiger partial charge in [-0.2, -0.15) is 0 Å². The van der Waals surface area contributed by atoms with Crippen LogP contribution >= 0.6 is 0 Å². The summed E-state index contributed by atoms with van der Waals surface area (Å²) in [6.07, 6.45) is 3.74. The number of carbonyl (C=O) groups excluding carboxylic acids is 2. The fourth-order valence-electron chi connectivity index (χ4n) is 4.41. The number of aliphatic hydroxyl groups excluding tert-OH is 1. The van der Waals surface area contributed by atoms with Gasteiger partial charge in [-0.15, -0.1) is 0 Å². The highest BCUT2D eigenvalue weighted by molar-refractivity contribution is 5.88. The van der Waals surface area contributed by atoms with Gasteiger partial charge in [0.1, 0.15) is 11.9 Å². The van der Waals surface area contributed by atoms with Crippen molar-refractivity contribution < 1.29 is 19.4 Å². The summed E-state index contributed by atoms with van der Waals surface area (Å²) in [6.45, 7) is 15.5. The van der Waals surface area contributed by atoms with Crippen molar-refractivity contribution in [3.8, 4) is 0 Å². The smallest absolute Gasteiger partial charge is 0.303 e. The average molecular weight is 360 g/mol. The van der Waals surface area contributed by atoms with Crippen molar-refractivity contribution in [3.05, 3.63) is 36.0 Å². The second-order valence-corrected chi connectivity index (χ2v) is 8.32. The molecule has 0 heterocycles. The summed E-state index contributed by atoms with van der Waals surface area (Å²) in [5.41, 5.74) is 2.17. The van der Waals surface area contributed by atoms with Gasteiger partial charge in [0.05, 0.1) is 6.10 Å². The molecule has 2 aliphatic carbocycles. The number of esters is 1. The van der Waals surface area contributed by atoms with E-state index in [1.807, 2.05) is 20.8 Å². The van der Waals surface area contributed by atoms with Crippen LogP contribution in [0.3, 0.4) is 0 Å². The van der Waals surface area contributed by atoms with Crippen LogP contribution in [-0.4, -0.2) is 29.1 Å². The van der Waals surface area contributed by atoms with Gasteiger partial charge < -0.3 is 9.84 Å². The van der Waals surface area contributed by atoms with E-state index in [1.165, 1.54) is 6.92 Å². The predicted octanol–water partition coefficient (Wildman–Crippen LogP) is 4.14. The van der Waals surface area contributed by atoms with Crippen LogP contribution in [0.4, 0.5) is 0 Å². The maximum absolute atomic E-state index is 12.9. The Kier molecular flexibility index (Phi) is 6.28. The monoisotopic (exact) mass is 360 g/mol. The molecule has 26 heavy (non-hydrogen) atoms. The summed E-state index contributed by atoms with van der Waals surface area (Å²) in [6, 6.07) is 0. The minimum Gasteiger partial charge on any atom is -0.458 e. The lowest BCUT2D eigenvalue weighted by Crippen LogP contribution is -2.35. The van der Waals surface area contributed by atoms with Gasteiger partial charge in [0, 0.05) is 18.8 Å². The number of rotatable bonds is 2. The maximum Gasteiger partial charge on any atom is 0.303 e. The molecular formula is C22H32O4. The fourth-order valence-corrected chi connectivity index (χ4v) is 4.41. The largest absolute Gasteiger partial charge is 0.458 e. The number of fused-ring (bicyclic) bond motifs is 1. The van der Waals surface area contributed by atoms with Crippen molar-refractivity contribution in [2.45, 2.75) is 72.0 Å². The number of aliphatic hydroxyl groups is 1. The normalized spacial score (nSPS) is 36.0. The third kappa shape index (κ3) is 4.17. The number of hydrogen-bond acceptors (Lipinski definition) is 4. The van der Waals surface area contributed by atoms with Crippen LogP contribution in [-0.2, 0) is 14.3 Å². The van der Waals surface area contributed by atoms with E-state index < -0.39 is 17.6 Å². The van der Waals surface area contributed by atoms with E-state index >= 15 is 0 Å². The molecule has 0 bridgehead atoms. The highest BCUT2D eigenvalue weighted by atomic mass is 16.5. The molecule has 0 aromatic carbocycles. The Balaban J connectivity index is 2.40. The first-order chi connectivity index (χ1) is 12.1. The number of carbonyl (C=O) groups is 2. The number of ether oxygens (including phenoxy) is 1. The molecule has 1 saturated carbocycles. The third-order valence-corrected chi connectivity index (χ3v) is 6.28. The molecule has 5 unspecified atom stereocenters. The number of ketones is 1. The standard InChI is InChI=1S/C22H32O4/c1-13(2)17-11-21(25)22(6)10-9-14(3)7-8-20(26-16(5)23)15(4)19(24)12-18(17)22/h9,17-20,24H,1,4,7-8,10-12H2,2-3,5-6H3. The van der Waals surface area contributed by atoms with Crippen molar-refractivity contribution >= 4 is 11.8 Å². The summed E-state index contributed by atoms with van der Waals surface area (Å²) in [7, 11) is 0. The minimum absolute atomic E-state index is 0.000576. The number of hydrogen-bond donors (Lipinski definition) is 1. The van der Waals surface area contributed by atoms with E-state index in [-0.39, 0.29) is 23.6 Å². The molecule has 1 N–H and O–H groups in total. The molecule has 0 aromatic rings. The van der Waals surface area contributed by atoms with Gasteiger partial charge in [-0.25, -0.2) is 0 Å². The molecule has 4 nitrogen and oxygen atoms in total. The van der Waals surface area contributed by atoms with E-state index in [4.69, 9.17) is 4.74 Å². The van der Waals surface area contributed by atoms with Crippen molar-refractivity contribution in [2.24, 2.45) is 17.3 Å². The molecule has 1 fully saturated rings. The van der Waals surface area contributed by atoms with Crippen molar-refractivity contribution in [1.82, 2.24) is 0 Å². The molecule has 2 rings (SSSR count). The molecule has 2 aliphatic rings. The molecule has 0 radical (unpaired) electrons. The van der Waals surface area contributed by atoms with Crippen molar-refractivity contribution in [2.75, 3.05) is 0 Å². The number of Topliss-reactive ketones (excluding diaryl/α,β-unsaturated/α-hetero) is 1. The second kappa shape index (κ2) is 7.91. The van der Waals surface area contributed by atoms with Crippen LogP contribution in [0.15, 0.2) is 36.0 Å². The Morgan fingerprint density at radius 3 is 2.62 bits per heavy atom. The first-order valence-electron chi connectivity index (χ1n) is 9.44. The average Bonchev–Trinajstić information content (AvgIpc) is 2.80. The first-order valence-corrected chi connectivity index (χ1v) is 9.44. The summed E-state index contributed by atoms with van der Waals surface area (Å²) >= 11 is 0. The highest BCUT2D eigenvalue weighted by Crippen LogP contribution is 2.52. The molecule has 5 atom stereocenters. The Morgan fingerprint density at radius 1 is 1.38 bits per heavy atom. The fraction of sp³-hybridized carbons (Fsp3) is 0.636. The van der Waals surface area contributed by atoms with E-state index in [1.54, 1.807) is 0 Å². The number of allylic oxidation sites excluding steroid dienone is 3. The van der Waals surface area contributed by atoms with Crippen LogP contribution in [0.5, 0.6) is 0 Å². The van der Waals surface area contributed by atoms with E-state index in [2.05, 4.69) is 19.2 Å². The van der Waals surface area contributed by atoms with E-state index in [9.17, 15) is 14.7 Å². The lowest BCUT2D eigenvalue weighted by molar-refractivity contribution is -0.145. The minimum atomic E-state index is -0.810. The highest BCUT2D eigenvalue weighted by Gasteiger charge is 2.51. The summed E-state index contributed by atoms with van der Waals surface area (Å²) in [4.78, 5) is 24.3. The zero-order valence-corrected chi connectivity index (χ0v) is 16.5. The molecule has 0 aliphatic heterocycles. The SMILES string of the molecule is C=C1C(O)CC2C(C(=C)C)CC(=O)C2(C)CC=C(C)CCC1OC(C)=O. The lowest BCUT2D eigenvalue weighted by atomic mass is 9.70. The van der Waals surface area contributed by atoms with Gasteiger partial charge in [0.25, 0.3) is 0 Å². The molecule has 0 saturated heterocycles. The van der Waals surface area contributed by atoms with Crippen LogP contribution in [0.1, 0.15) is 59.8 Å². The van der Waals surface area contributed by atoms with Gasteiger partial charge in [0.2, 0.25) is 0 Å². The van der Waals surface area contributed by atoms with Gasteiger partial charge in [0.15, 0.2) is 0 Å². The van der Waals surface area contributed by atoms with Crippen LogP contribution in [0.25, 0.3) is 0 Å². The van der Waals surface area contributed by atoms with Gasteiger partial charge in [-0.05, 0) is 56.9 Å². The zero-order chi connectivity index (χ0) is 19.6. The van der Waals surface area contributed by atoms with Crippen LogP contribution in [0.2, 0.25) is 0 Å². The Hall–Kier alpha value is -1.68. The molecule has 144 valence electrons. The van der Waals surface area contributed by atoms with Crippen molar-refractivity contribution in [1.29, 1.82) is 0 Å². The summed E-state index contributed by atoms with van der Waals surface area (Å²) < 4.78 is 5.42. The van der Waals surface area contributed by atoms with Gasteiger partial charge in [-0.3, -0.25) is 9.59 Å². The van der Waals surface area contributed by atoms with Gasteiger partial charge >= 0.3 is 5.97 Å². The summed E-state index contributed by atoms with van der Waals surface area (Å²) in [5.74, 6) is -0.0651. The maximum atomic E-state index is 12.9. The lowest BCUT2D eigenvalue weighted by Gasteiger charge is -2.34. The van der Waals surface area contributed by atoms with Crippen molar-refractivity contribution in [3.63, 3.8) is 0 Å². The molecule has 0 aromatic heterocycles. The molecule has 0 spiro atoms. The van der Waals surface area contributed by atoms with E-state index in [0.717, 1.165) is 17.6 Å². The summed E-state index contributed by atoms with van der Waals surface area (Å²) in [5, 5.41) is 10.8. The molecular weight excluding hydrogens is 328 g/mol. The third-order valence-electron chi connectivity index (χ3n) is 6.28. The Bertz CT molecular complexity index is 645. The van der Waals surface area contributed by atoms with Crippen LogP contribution < -0.4 is 0 Å². The molecule has 4 heteroatoms. The van der Waals surface area contributed by atoms with Gasteiger partial charge in [-0.1, -0.05) is 37.3 Å². The predicted molar refractivity (Wildman–Crippen MR) is 102 cm³/mol. The zero-order valence-electron chi connectivity index (χ0n) is 16.5. The first kappa shape index (κ1) is 20.6. The Morgan fingerprint density at radius 2 is 2.04 bits per heavy atom. The van der Waals surface area contributed by atoms with E-state index in [0.29, 0.717) is 31.3 Å². The topological polar surface area (TPSA) is 63.6 Å². The second-order valence-electron chi connectivity index (χ2n) is 8.32. The van der Waals surface area contributed by atoms with Crippen LogP contribution in [0, 0.1) is 17.3 Å². The quantitative estimate of drug-likeness (QED) is 0.594. The molecule has 0 amide bonds.